The van der Waals surface area contributed by atoms with Gasteiger partial charge < -0.3 is 14.5 Å². The summed E-state index contributed by atoms with van der Waals surface area (Å²) in [5.41, 5.74) is 6.75. The smallest absolute Gasteiger partial charge is 0.237 e. The summed E-state index contributed by atoms with van der Waals surface area (Å²) in [4.78, 5) is 22.9. The van der Waals surface area contributed by atoms with Gasteiger partial charge in [0.2, 0.25) is 5.88 Å². The van der Waals surface area contributed by atoms with Gasteiger partial charge in [-0.2, -0.15) is 0 Å². The molecule has 6 rings (SSSR count). The summed E-state index contributed by atoms with van der Waals surface area (Å²) in [6.45, 7) is 5.20. The molecule has 0 saturated carbocycles. The van der Waals surface area contributed by atoms with Crippen LogP contribution < -0.4 is 14.5 Å². The van der Waals surface area contributed by atoms with Gasteiger partial charge in [0.05, 0.1) is 28.6 Å². The van der Waals surface area contributed by atoms with Gasteiger partial charge in [0.25, 0.3) is 0 Å². The predicted octanol–water partition coefficient (Wildman–Crippen LogP) is 3.88. The average molecular weight is 417 g/mol. The molecule has 0 radical (unpaired) electrons. The molecule has 2 aliphatic rings. The molecule has 6 heterocycles. The molecule has 8 heteroatoms. The van der Waals surface area contributed by atoms with Crippen molar-refractivity contribution in [2.75, 3.05) is 29.5 Å². The highest BCUT2D eigenvalue weighted by molar-refractivity contribution is 7.18. The molecule has 0 saturated heterocycles. The minimum Gasteiger partial charge on any atom is -0.474 e. The number of hydrogen-bond acceptors (Lipinski definition) is 8. The van der Waals surface area contributed by atoms with Gasteiger partial charge in [0.15, 0.2) is 0 Å². The van der Waals surface area contributed by atoms with E-state index in [1.54, 1.807) is 23.9 Å². The van der Waals surface area contributed by atoms with Crippen LogP contribution in [0.1, 0.15) is 16.8 Å². The van der Waals surface area contributed by atoms with Crippen LogP contribution in [0.15, 0.2) is 42.3 Å². The second kappa shape index (κ2) is 6.91. The number of hydrogen-bond donors (Lipinski definition) is 0. The van der Waals surface area contributed by atoms with Crippen LogP contribution >= 0.6 is 11.3 Å². The topological polar surface area (TPSA) is 67.3 Å². The fourth-order valence-electron chi connectivity index (χ4n) is 4.25. The Hall–Kier alpha value is -3.26. The lowest BCUT2D eigenvalue weighted by Gasteiger charge is -2.33. The van der Waals surface area contributed by atoms with Gasteiger partial charge in [-0.3, -0.25) is 4.98 Å². The van der Waals surface area contributed by atoms with Crippen molar-refractivity contribution < 1.29 is 4.74 Å². The van der Waals surface area contributed by atoms with Gasteiger partial charge in [-0.25, -0.2) is 15.0 Å². The van der Waals surface area contributed by atoms with Crippen molar-refractivity contribution >= 4 is 38.7 Å². The lowest BCUT2D eigenvalue weighted by Crippen LogP contribution is -2.33. The zero-order valence-corrected chi connectivity index (χ0v) is 17.4. The van der Waals surface area contributed by atoms with Crippen LogP contribution in [-0.2, 0) is 13.0 Å². The summed E-state index contributed by atoms with van der Waals surface area (Å²) in [6, 6.07) is 6.25. The Balaban J connectivity index is 1.36. The zero-order chi connectivity index (χ0) is 20.1. The number of ether oxygens (including phenoxy) is 1. The van der Waals surface area contributed by atoms with E-state index >= 15 is 0 Å². The Kier molecular flexibility index (Phi) is 4.05. The number of nitrogens with zero attached hydrogens (tertiary/aromatic N) is 6. The standard InChI is InChI=1S/C22H20N6OS/c1-14-12-30-20-19(14)25-13-26-21(20)27-6-4-17-15(11-27)9-16(10-24-17)28-7-8-29-22-18(28)3-2-5-23-22/h2-3,5,9-10,12-13H,4,6-8,11H2,1H3. The number of rotatable bonds is 2. The molecule has 0 atom stereocenters. The summed E-state index contributed by atoms with van der Waals surface area (Å²) in [5, 5.41) is 2.16. The molecular weight excluding hydrogens is 396 g/mol. The largest absolute Gasteiger partial charge is 0.474 e. The quantitative estimate of drug-likeness (QED) is 0.491. The van der Waals surface area contributed by atoms with Crippen molar-refractivity contribution in [1.29, 1.82) is 0 Å². The number of aryl methyl sites for hydroxylation is 1. The fraction of sp³-hybridized carbons (Fsp3) is 0.273. The number of anilines is 3. The fourth-order valence-corrected chi connectivity index (χ4v) is 5.26. The van der Waals surface area contributed by atoms with E-state index in [-0.39, 0.29) is 0 Å². The minimum absolute atomic E-state index is 0.615. The maximum Gasteiger partial charge on any atom is 0.237 e. The van der Waals surface area contributed by atoms with Crippen molar-refractivity contribution in [3.05, 3.63) is 59.1 Å². The third-order valence-corrected chi connectivity index (χ3v) is 6.83. The lowest BCUT2D eigenvalue weighted by molar-refractivity contribution is 0.301. The highest BCUT2D eigenvalue weighted by atomic mass is 32.1. The average Bonchev–Trinajstić information content (AvgIpc) is 3.19. The summed E-state index contributed by atoms with van der Waals surface area (Å²) in [5.74, 6) is 1.70. The molecule has 150 valence electrons. The highest BCUT2D eigenvalue weighted by Crippen LogP contribution is 2.37. The zero-order valence-electron chi connectivity index (χ0n) is 16.6. The number of pyridine rings is 2. The van der Waals surface area contributed by atoms with E-state index in [1.165, 1.54) is 16.8 Å². The molecule has 2 aliphatic heterocycles. The van der Waals surface area contributed by atoms with Crippen molar-refractivity contribution in [2.45, 2.75) is 19.9 Å². The second-order valence-electron chi connectivity index (χ2n) is 7.59. The van der Waals surface area contributed by atoms with Gasteiger partial charge in [-0.15, -0.1) is 11.3 Å². The summed E-state index contributed by atoms with van der Waals surface area (Å²) in [6.07, 6.45) is 6.33. The Morgan fingerprint density at radius 1 is 1.13 bits per heavy atom. The molecule has 4 aromatic heterocycles. The first-order valence-corrected chi connectivity index (χ1v) is 10.9. The summed E-state index contributed by atoms with van der Waals surface area (Å²) >= 11 is 1.72. The molecule has 0 fully saturated rings. The van der Waals surface area contributed by atoms with E-state index in [2.05, 4.69) is 43.1 Å². The van der Waals surface area contributed by atoms with Gasteiger partial charge in [-0.1, -0.05) is 0 Å². The second-order valence-corrected chi connectivity index (χ2v) is 8.47. The Labute approximate surface area is 178 Å². The first-order valence-electron chi connectivity index (χ1n) is 10.0. The molecule has 0 spiro atoms. The highest BCUT2D eigenvalue weighted by Gasteiger charge is 2.25. The van der Waals surface area contributed by atoms with Crippen LogP contribution in [0.3, 0.4) is 0 Å². The molecule has 0 aromatic carbocycles. The number of thiophene rings is 1. The maximum atomic E-state index is 5.71. The van der Waals surface area contributed by atoms with E-state index in [9.17, 15) is 0 Å². The molecular formula is C22H20N6OS. The van der Waals surface area contributed by atoms with Crippen molar-refractivity contribution in [3.63, 3.8) is 0 Å². The molecule has 0 N–H and O–H groups in total. The van der Waals surface area contributed by atoms with Crippen molar-refractivity contribution in [3.8, 4) is 5.88 Å². The van der Waals surface area contributed by atoms with E-state index in [4.69, 9.17) is 9.72 Å². The van der Waals surface area contributed by atoms with E-state index in [0.717, 1.165) is 53.5 Å². The third-order valence-electron chi connectivity index (χ3n) is 5.74. The van der Waals surface area contributed by atoms with E-state index in [1.807, 2.05) is 18.3 Å². The van der Waals surface area contributed by atoms with E-state index < -0.39 is 0 Å². The van der Waals surface area contributed by atoms with Crippen molar-refractivity contribution in [1.82, 2.24) is 19.9 Å². The summed E-state index contributed by atoms with van der Waals surface area (Å²) in [7, 11) is 0. The van der Waals surface area contributed by atoms with Crippen LogP contribution in [0.4, 0.5) is 17.2 Å². The molecule has 30 heavy (non-hydrogen) atoms. The van der Waals surface area contributed by atoms with Crippen LogP contribution in [0, 0.1) is 6.92 Å². The monoisotopic (exact) mass is 416 g/mol. The molecule has 4 aromatic rings. The SMILES string of the molecule is Cc1csc2c(N3CCc4ncc(N5CCOc6ncccc65)cc4C3)ncnc12. The van der Waals surface area contributed by atoms with Gasteiger partial charge in [-0.05, 0) is 41.6 Å². The first-order chi connectivity index (χ1) is 14.8. The van der Waals surface area contributed by atoms with Crippen LogP contribution in [0.5, 0.6) is 5.88 Å². The lowest BCUT2D eigenvalue weighted by atomic mass is 10.0. The third kappa shape index (κ3) is 2.79. The van der Waals surface area contributed by atoms with Gasteiger partial charge in [0, 0.05) is 31.4 Å². The molecule has 0 unspecified atom stereocenters. The summed E-state index contributed by atoms with van der Waals surface area (Å²) < 4.78 is 6.87. The Bertz CT molecular complexity index is 1260. The Morgan fingerprint density at radius 2 is 2.10 bits per heavy atom. The molecule has 7 nitrogen and oxygen atoms in total. The Morgan fingerprint density at radius 3 is 3.07 bits per heavy atom. The number of fused-ring (bicyclic) bond motifs is 3. The van der Waals surface area contributed by atoms with Crippen LogP contribution in [-0.4, -0.2) is 39.6 Å². The number of aromatic nitrogens is 4. The maximum absolute atomic E-state index is 5.71. The van der Waals surface area contributed by atoms with Gasteiger partial charge in [0.1, 0.15) is 24.4 Å². The van der Waals surface area contributed by atoms with Gasteiger partial charge >= 0.3 is 0 Å². The molecule has 0 aliphatic carbocycles. The minimum atomic E-state index is 0.615. The van der Waals surface area contributed by atoms with Crippen LogP contribution in [0.2, 0.25) is 0 Å². The van der Waals surface area contributed by atoms with Crippen molar-refractivity contribution in [2.24, 2.45) is 0 Å². The van der Waals surface area contributed by atoms with E-state index in [0.29, 0.717) is 12.5 Å². The first kappa shape index (κ1) is 17.6. The van der Waals surface area contributed by atoms with Crippen LogP contribution in [0.25, 0.3) is 10.2 Å². The molecule has 0 amide bonds. The normalized spacial score (nSPS) is 15.6. The molecule has 0 bridgehead atoms. The predicted molar refractivity (Wildman–Crippen MR) is 118 cm³/mol.